The molecule has 1 aliphatic heterocycles. The fourth-order valence-corrected chi connectivity index (χ4v) is 4.93. The second kappa shape index (κ2) is 5.99. The van der Waals surface area contributed by atoms with E-state index in [0.29, 0.717) is 17.5 Å². The van der Waals surface area contributed by atoms with Crippen LogP contribution in [0.2, 0.25) is 0 Å². The number of carbonyl (C=O) groups is 3. The molecule has 1 heterocycles. The summed E-state index contributed by atoms with van der Waals surface area (Å²) in [6, 6.07) is 7.30. The Bertz CT molecular complexity index is 675. The molecule has 0 unspecified atom stereocenters. The molecule has 2 bridgehead atoms. The second-order valence-corrected chi connectivity index (χ2v) is 7.93. The summed E-state index contributed by atoms with van der Waals surface area (Å²) in [5, 5.41) is 2.79. The highest BCUT2D eigenvalue weighted by atomic mass is 79.9. The van der Waals surface area contributed by atoms with Gasteiger partial charge in [0.05, 0.1) is 11.8 Å². The fourth-order valence-electron chi connectivity index (χ4n) is 4.66. The van der Waals surface area contributed by atoms with Crippen LogP contribution in [0.4, 0.5) is 5.69 Å². The van der Waals surface area contributed by atoms with E-state index >= 15 is 0 Å². The van der Waals surface area contributed by atoms with E-state index in [1.54, 1.807) is 12.1 Å². The number of fused-ring (bicyclic) bond motifs is 5. The molecule has 0 spiro atoms. The Hall–Kier alpha value is -1.69. The first-order valence-electron chi connectivity index (χ1n) is 8.45. The summed E-state index contributed by atoms with van der Waals surface area (Å²) in [4.78, 5) is 38.5. The van der Waals surface area contributed by atoms with E-state index in [4.69, 9.17) is 0 Å². The Morgan fingerprint density at radius 1 is 1.08 bits per heavy atom. The number of hydrogen-bond acceptors (Lipinski definition) is 3. The van der Waals surface area contributed by atoms with Gasteiger partial charge in [-0.1, -0.05) is 15.9 Å². The summed E-state index contributed by atoms with van der Waals surface area (Å²) in [5.74, 6) is 0.285. The largest absolute Gasteiger partial charge is 0.326 e. The average molecular weight is 391 g/mol. The molecule has 4 atom stereocenters. The van der Waals surface area contributed by atoms with Crippen LogP contribution in [0.1, 0.15) is 25.7 Å². The van der Waals surface area contributed by atoms with Crippen LogP contribution in [-0.4, -0.2) is 29.2 Å². The molecule has 3 aliphatic rings. The smallest absolute Gasteiger partial charge is 0.233 e. The summed E-state index contributed by atoms with van der Waals surface area (Å²) in [6.45, 7) is 0.187. The first-order valence-corrected chi connectivity index (χ1v) is 9.24. The van der Waals surface area contributed by atoms with Gasteiger partial charge in [0.2, 0.25) is 17.7 Å². The van der Waals surface area contributed by atoms with Crippen molar-refractivity contribution in [3.05, 3.63) is 28.7 Å². The molecule has 1 N–H and O–H groups in total. The molecule has 6 heteroatoms. The van der Waals surface area contributed by atoms with Gasteiger partial charge in [0.25, 0.3) is 0 Å². The van der Waals surface area contributed by atoms with E-state index in [9.17, 15) is 14.4 Å². The molecule has 3 amide bonds. The molecule has 5 nitrogen and oxygen atoms in total. The van der Waals surface area contributed by atoms with E-state index in [1.165, 1.54) is 4.90 Å². The lowest BCUT2D eigenvalue weighted by molar-refractivity contribution is -0.140. The van der Waals surface area contributed by atoms with Gasteiger partial charge in [-0.25, -0.2) is 0 Å². The van der Waals surface area contributed by atoms with Crippen molar-refractivity contribution in [3.8, 4) is 0 Å². The molecule has 0 aromatic heterocycles. The summed E-state index contributed by atoms with van der Waals surface area (Å²) < 4.78 is 0.940. The van der Waals surface area contributed by atoms with E-state index in [0.717, 1.165) is 23.7 Å². The van der Waals surface area contributed by atoms with Gasteiger partial charge in [-0.15, -0.1) is 0 Å². The van der Waals surface area contributed by atoms with Gasteiger partial charge in [0, 0.05) is 23.1 Å². The first kappa shape index (κ1) is 15.8. The van der Waals surface area contributed by atoms with Crippen LogP contribution in [-0.2, 0) is 14.4 Å². The average Bonchev–Trinajstić information content (AvgIpc) is 3.23. The number of benzene rings is 1. The van der Waals surface area contributed by atoms with Crippen LogP contribution in [0.3, 0.4) is 0 Å². The molecule has 0 radical (unpaired) electrons. The van der Waals surface area contributed by atoms with Crippen molar-refractivity contribution in [2.24, 2.45) is 23.7 Å². The molecule has 126 valence electrons. The van der Waals surface area contributed by atoms with Crippen molar-refractivity contribution in [2.45, 2.75) is 25.7 Å². The van der Waals surface area contributed by atoms with Crippen molar-refractivity contribution in [1.82, 2.24) is 4.90 Å². The van der Waals surface area contributed by atoms with Gasteiger partial charge in [-0.05, 0) is 55.4 Å². The van der Waals surface area contributed by atoms with E-state index in [-0.39, 0.29) is 42.5 Å². The third-order valence-corrected chi connectivity index (χ3v) is 6.24. The van der Waals surface area contributed by atoms with Crippen molar-refractivity contribution in [2.75, 3.05) is 11.9 Å². The Labute approximate surface area is 148 Å². The Morgan fingerprint density at radius 2 is 1.67 bits per heavy atom. The molecule has 24 heavy (non-hydrogen) atoms. The van der Waals surface area contributed by atoms with Crippen molar-refractivity contribution in [3.63, 3.8) is 0 Å². The number of nitrogens with zero attached hydrogens (tertiary/aromatic N) is 1. The van der Waals surface area contributed by atoms with Crippen LogP contribution in [0.25, 0.3) is 0 Å². The van der Waals surface area contributed by atoms with Crippen molar-refractivity contribution in [1.29, 1.82) is 0 Å². The molecule has 1 aromatic carbocycles. The van der Waals surface area contributed by atoms with Gasteiger partial charge in [-0.3, -0.25) is 19.3 Å². The van der Waals surface area contributed by atoms with Crippen LogP contribution in [0, 0.1) is 23.7 Å². The van der Waals surface area contributed by atoms with Crippen molar-refractivity contribution >= 4 is 39.3 Å². The van der Waals surface area contributed by atoms with Gasteiger partial charge in [-0.2, -0.15) is 0 Å². The number of hydrogen-bond donors (Lipinski definition) is 1. The van der Waals surface area contributed by atoms with Gasteiger partial charge in [0.1, 0.15) is 0 Å². The van der Waals surface area contributed by atoms with E-state index in [2.05, 4.69) is 21.2 Å². The predicted octanol–water partition coefficient (Wildman–Crippen LogP) is 2.81. The first-order chi connectivity index (χ1) is 11.5. The van der Waals surface area contributed by atoms with Crippen LogP contribution in [0.15, 0.2) is 28.7 Å². The maximum absolute atomic E-state index is 12.6. The molecule has 1 aromatic rings. The number of carbonyl (C=O) groups excluding carboxylic acids is 3. The lowest BCUT2D eigenvalue weighted by atomic mass is 9.81. The molecule has 3 fully saturated rings. The summed E-state index contributed by atoms with van der Waals surface area (Å²) in [6.07, 6.45) is 3.32. The highest BCUT2D eigenvalue weighted by Gasteiger charge is 2.60. The number of amides is 3. The minimum atomic E-state index is -0.182. The fraction of sp³-hybridized carbons (Fsp3) is 0.500. The lowest BCUT2D eigenvalue weighted by Crippen LogP contribution is -2.35. The molecular weight excluding hydrogens is 372 g/mol. The predicted molar refractivity (Wildman–Crippen MR) is 91.9 cm³/mol. The topological polar surface area (TPSA) is 66.5 Å². The van der Waals surface area contributed by atoms with Crippen LogP contribution < -0.4 is 5.32 Å². The number of likely N-dealkylation sites (tertiary alicyclic amines) is 1. The Kier molecular flexibility index (Phi) is 3.95. The number of halogens is 1. The molecule has 2 saturated carbocycles. The number of anilines is 1. The highest BCUT2D eigenvalue weighted by Crippen LogP contribution is 2.56. The van der Waals surface area contributed by atoms with E-state index in [1.807, 2.05) is 12.1 Å². The maximum Gasteiger partial charge on any atom is 0.233 e. The highest BCUT2D eigenvalue weighted by molar-refractivity contribution is 9.10. The summed E-state index contributed by atoms with van der Waals surface area (Å²) >= 11 is 3.34. The third-order valence-electron chi connectivity index (χ3n) is 5.71. The van der Waals surface area contributed by atoms with Gasteiger partial charge < -0.3 is 5.32 Å². The zero-order valence-electron chi connectivity index (χ0n) is 13.2. The van der Waals surface area contributed by atoms with Crippen LogP contribution in [0.5, 0.6) is 0 Å². The Balaban J connectivity index is 1.36. The SMILES string of the molecule is O=C(CCN1C(=O)[C@@H]2[C@@H]3CC[C@@H](C3)[C@@H]2C1=O)Nc1ccc(Br)cc1. The Morgan fingerprint density at radius 3 is 2.25 bits per heavy atom. The van der Waals surface area contributed by atoms with Crippen molar-refractivity contribution < 1.29 is 14.4 Å². The maximum atomic E-state index is 12.6. The zero-order valence-corrected chi connectivity index (χ0v) is 14.8. The minimum absolute atomic E-state index is 0.0476. The van der Waals surface area contributed by atoms with Crippen LogP contribution >= 0.6 is 15.9 Å². The van der Waals surface area contributed by atoms with Gasteiger partial charge >= 0.3 is 0 Å². The second-order valence-electron chi connectivity index (χ2n) is 7.02. The normalized spacial score (nSPS) is 30.8. The number of rotatable bonds is 4. The molecule has 1 saturated heterocycles. The summed E-state index contributed by atoms with van der Waals surface area (Å²) in [7, 11) is 0. The minimum Gasteiger partial charge on any atom is -0.326 e. The summed E-state index contributed by atoms with van der Waals surface area (Å²) in [5.41, 5.74) is 0.706. The lowest BCUT2D eigenvalue weighted by Gasteiger charge is -2.19. The third kappa shape index (κ3) is 2.57. The molecule has 2 aliphatic carbocycles. The monoisotopic (exact) mass is 390 g/mol. The number of imide groups is 1. The molecular formula is C18H19BrN2O3. The molecule has 4 rings (SSSR count). The van der Waals surface area contributed by atoms with Gasteiger partial charge in [0.15, 0.2) is 0 Å². The standard InChI is InChI=1S/C18H19BrN2O3/c19-12-3-5-13(6-4-12)20-14(22)7-8-21-17(23)15-10-1-2-11(9-10)16(15)18(21)24/h3-6,10-11,15-16H,1-2,7-9H2,(H,20,22)/t10-,11+,15-,16+. The quantitative estimate of drug-likeness (QED) is 0.803. The van der Waals surface area contributed by atoms with E-state index < -0.39 is 0 Å². The zero-order chi connectivity index (χ0) is 16.8. The number of nitrogens with one attached hydrogen (secondary N) is 1.